The highest BCUT2D eigenvalue weighted by molar-refractivity contribution is 5.88. The maximum atomic E-state index is 10.2. The van der Waals surface area contributed by atoms with Crippen LogP contribution >= 0.6 is 0 Å². The van der Waals surface area contributed by atoms with Crippen molar-refractivity contribution in [3.63, 3.8) is 0 Å². The van der Waals surface area contributed by atoms with E-state index < -0.39 is 0 Å². The van der Waals surface area contributed by atoms with Crippen LogP contribution in [0.5, 0.6) is 0 Å². The third-order valence-corrected chi connectivity index (χ3v) is 0.802. The summed E-state index contributed by atoms with van der Waals surface area (Å²) in [5.41, 5.74) is 0. The molecule has 0 aliphatic carbocycles. The Morgan fingerprint density at radius 3 is 2.86 bits per heavy atom. The van der Waals surface area contributed by atoms with Gasteiger partial charge < -0.3 is 4.74 Å². The largest absolute Gasteiger partial charge is 0.374 e. The predicted octanol–water partition coefficient (Wildman–Crippen LogP) is 0.0571. The zero-order valence-corrected chi connectivity index (χ0v) is 3.94. The molecule has 1 aliphatic heterocycles. The molecule has 0 spiro atoms. The predicted molar refractivity (Wildman–Crippen MR) is 23.7 cm³/mol. The third kappa shape index (κ3) is 1.27. The van der Waals surface area contributed by atoms with Crippen LogP contribution in [0.3, 0.4) is 0 Å². The molecule has 0 saturated carbocycles. The SMILES string of the molecule is O=C1[C]CCOC1. The maximum absolute atomic E-state index is 10.2. The first-order valence-corrected chi connectivity index (χ1v) is 2.24. The normalized spacial score (nSPS) is 22.6. The van der Waals surface area contributed by atoms with Gasteiger partial charge in [-0.15, -0.1) is 0 Å². The summed E-state index contributed by atoms with van der Waals surface area (Å²) in [4.78, 5) is 10.2. The van der Waals surface area contributed by atoms with Gasteiger partial charge >= 0.3 is 0 Å². The number of carbonyl (C=O) groups excluding carboxylic acids is 1. The maximum Gasteiger partial charge on any atom is 0.166 e. The molecule has 0 aromatic rings. The molecule has 0 atom stereocenters. The Kier molecular flexibility index (Phi) is 1.42. The van der Waals surface area contributed by atoms with E-state index in [1.807, 2.05) is 0 Å². The number of ketones is 1. The summed E-state index contributed by atoms with van der Waals surface area (Å²) in [7, 11) is 0. The second kappa shape index (κ2) is 2.07. The Morgan fingerprint density at radius 1 is 1.71 bits per heavy atom. The van der Waals surface area contributed by atoms with E-state index in [-0.39, 0.29) is 12.4 Å². The van der Waals surface area contributed by atoms with Crippen molar-refractivity contribution in [3.05, 3.63) is 6.42 Å². The second-order valence-electron chi connectivity index (χ2n) is 1.40. The molecule has 38 valence electrons. The molecule has 1 aliphatic rings. The van der Waals surface area contributed by atoms with Crippen LogP contribution in [0.4, 0.5) is 0 Å². The lowest BCUT2D eigenvalue weighted by Gasteiger charge is -2.06. The van der Waals surface area contributed by atoms with E-state index in [1.54, 1.807) is 0 Å². The van der Waals surface area contributed by atoms with E-state index in [0.29, 0.717) is 13.0 Å². The standard InChI is InChI=1S/C5H6O2/c6-5-2-1-3-7-4-5/h1,3-4H2. The zero-order valence-electron chi connectivity index (χ0n) is 3.94. The zero-order chi connectivity index (χ0) is 5.11. The minimum absolute atomic E-state index is 0.00810. The van der Waals surface area contributed by atoms with Gasteiger partial charge in [0.2, 0.25) is 0 Å². The summed E-state index contributed by atoms with van der Waals surface area (Å²) < 4.78 is 4.77. The van der Waals surface area contributed by atoms with Gasteiger partial charge in [-0.3, -0.25) is 4.79 Å². The van der Waals surface area contributed by atoms with Crippen molar-refractivity contribution in [2.24, 2.45) is 0 Å². The summed E-state index contributed by atoms with van der Waals surface area (Å²) in [5.74, 6) is -0.00810. The van der Waals surface area contributed by atoms with Gasteiger partial charge in [-0.25, -0.2) is 0 Å². The molecule has 0 unspecified atom stereocenters. The molecular formula is C5H6O2. The van der Waals surface area contributed by atoms with Gasteiger partial charge in [0.25, 0.3) is 0 Å². The Balaban J connectivity index is 2.25. The van der Waals surface area contributed by atoms with Gasteiger partial charge in [-0.05, 0) is 6.42 Å². The summed E-state index contributed by atoms with van der Waals surface area (Å²) in [5, 5.41) is 0. The summed E-state index contributed by atoms with van der Waals surface area (Å²) >= 11 is 0. The molecule has 2 heteroatoms. The van der Waals surface area contributed by atoms with Crippen LogP contribution in [-0.2, 0) is 9.53 Å². The second-order valence-corrected chi connectivity index (χ2v) is 1.40. The summed E-state index contributed by atoms with van der Waals surface area (Å²) in [6.07, 6.45) is 3.28. The average Bonchev–Trinajstić information content (AvgIpc) is 1.69. The fourth-order valence-corrected chi connectivity index (χ4v) is 0.479. The van der Waals surface area contributed by atoms with Crippen LogP contribution in [0, 0.1) is 6.42 Å². The lowest BCUT2D eigenvalue weighted by Crippen LogP contribution is -2.16. The number of carbonyl (C=O) groups is 1. The van der Waals surface area contributed by atoms with E-state index in [2.05, 4.69) is 6.42 Å². The van der Waals surface area contributed by atoms with Crippen molar-refractivity contribution >= 4 is 5.78 Å². The van der Waals surface area contributed by atoms with Crippen molar-refractivity contribution in [1.82, 2.24) is 0 Å². The minimum Gasteiger partial charge on any atom is -0.374 e. The quantitative estimate of drug-likeness (QED) is 0.428. The van der Waals surface area contributed by atoms with E-state index in [9.17, 15) is 4.79 Å². The fraction of sp³-hybridized carbons (Fsp3) is 0.600. The molecule has 0 N–H and O–H groups in total. The van der Waals surface area contributed by atoms with Gasteiger partial charge in [0.05, 0.1) is 6.42 Å². The van der Waals surface area contributed by atoms with E-state index >= 15 is 0 Å². The van der Waals surface area contributed by atoms with Crippen LogP contribution in [0.25, 0.3) is 0 Å². The summed E-state index contributed by atoms with van der Waals surface area (Å²) in [6.45, 7) is 0.895. The molecule has 2 radical (unpaired) electrons. The first-order valence-electron chi connectivity index (χ1n) is 2.24. The van der Waals surface area contributed by atoms with Gasteiger partial charge in [0.1, 0.15) is 6.61 Å². The van der Waals surface area contributed by atoms with Crippen LogP contribution in [0.2, 0.25) is 0 Å². The number of hydrogen-bond acceptors (Lipinski definition) is 2. The van der Waals surface area contributed by atoms with E-state index in [4.69, 9.17) is 4.74 Å². The van der Waals surface area contributed by atoms with Gasteiger partial charge in [0.15, 0.2) is 5.78 Å². The fourth-order valence-electron chi connectivity index (χ4n) is 0.479. The van der Waals surface area contributed by atoms with Gasteiger partial charge in [-0.2, -0.15) is 0 Å². The van der Waals surface area contributed by atoms with Crippen molar-refractivity contribution in [2.75, 3.05) is 13.2 Å². The van der Waals surface area contributed by atoms with Crippen molar-refractivity contribution in [3.8, 4) is 0 Å². The third-order valence-electron chi connectivity index (χ3n) is 0.802. The molecule has 7 heavy (non-hydrogen) atoms. The van der Waals surface area contributed by atoms with Crippen molar-refractivity contribution in [2.45, 2.75) is 6.42 Å². The summed E-state index contributed by atoms with van der Waals surface area (Å²) in [6, 6.07) is 0. The van der Waals surface area contributed by atoms with Gasteiger partial charge in [0, 0.05) is 6.61 Å². The number of Topliss-reactive ketones (excluding diaryl/α,β-unsaturated/α-hetero) is 1. The molecular weight excluding hydrogens is 92.1 g/mol. The molecule has 0 aromatic heterocycles. The van der Waals surface area contributed by atoms with Crippen LogP contribution in [0.1, 0.15) is 6.42 Å². The molecule has 2 nitrogen and oxygen atoms in total. The monoisotopic (exact) mass is 98.0 g/mol. The van der Waals surface area contributed by atoms with E-state index in [0.717, 1.165) is 0 Å². The molecule has 1 heterocycles. The molecule has 0 amide bonds. The average molecular weight is 98.1 g/mol. The van der Waals surface area contributed by atoms with E-state index in [1.165, 1.54) is 0 Å². The Hall–Kier alpha value is -0.370. The van der Waals surface area contributed by atoms with Crippen LogP contribution in [0.15, 0.2) is 0 Å². The first-order chi connectivity index (χ1) is 3.39. The van der Waals surface area contributed by atoms with Crippen molar-refractivity contribution < 1.29 is 9.53 Å². The molecule has 1 saturated heterocycles. The minimum atomic E-state index is -0.00810. The molecule has 1 fully saturated rings. The molecule has 1 rings (SSSR count). The molecule has 0 aromatic carbocycles. The van der Waals surface area contributed by atoms with Crippen molar-refractivity contribution in [1.29, 1.82) is 0 Å². The lowest BCUT2D eigenvalue weighted by molar-refractivity contribution is -0.122. The highest BCUT2D eigenvalue weighted by atomic mass is 16.5. The Bertz CT molecular complexity index is 70.1. The highest BCUT2D eigenvalue weighted by Gasteiger charge is 2.07. The van der Waals surface area contributed by atoms with Crippen LogP contribution in [-0.4, -0.2) is 19.0 Å². The smallest absolute Gasteiger partial charge is 0.166 e. The Labute approximate surface area is 42.5 Å². The highest BCUT2D eigenvalue weighted by Crippen LogP contribution is 1.97. The van der Waals surface area contributed by atoms with Crippen LogP contribution < -0.4 is 0 Å². The Morgan fingerprint density at radius 2 is 2.57 bits per heavy atom. The number of rotatable bonds is 0. The number of hydrogen-bond donors (Lipinski definition) is 0. The topological polar surface area (TPSA) is 26.3 Å². The molecule has 0 bridgehead atoms. The van der Waals surface area contributed by atoms with Gasteiger partial charge in [-0.1, -0.05) is 0 Å². The number of ether oxygens (including phenoxy) is 1. The lowest BCUT2D eigenvalue weighted by atomic mass is 10.2. The first kappa shape index (κ1) is 4.78.